The second-order valence-corrected chi connectivity index (χ2v) is 3.82. The SMILES string of the molecule is C=C(C)CN(CC)c1ccc(C(=O)O)cc1. The third kappa shape index (κ3) is 3.12. The van der Waals surface area contributed by atoms with E-state index in [-0.39, 0.29) is 0 Å². The van der Waals surface area contributed by atoms with Crippen LogP contribution in [0.1, 0.15) is 24.2 Å². The Morgan fingerprint density at radius 2 is 1.94 bits per heavy atom. The Kier molecular flexibility index (Phi) is 4.11. The van der Waals surface area contributed by atoms with Crippen molar-refractivity contribution in [3.05, 3.63) is 42.0 Å². The molecule has 0 spiro atoms. The van der Waals surface area contributed by atoms with Crippen LogP contribution in [-0.4, -0.2) is 24.2 Å². The Morgan fingerprint density at radius 1 is 1.38 bits per heavy atom. The molecule has 0 radical (unpaired) electrons. The zero-order valence-electron chi connectivity index (χ0n) is 9.73. The maximum atomic E-state index is 10.7. The number of anilines is 1. The third-order valence-corrected chi connectivity index (χ3v) is 2.32. The number of carboxylic acids is 1. The van der Waals surface area contributed by atoms with E-state index < -0.39 is 5.97 Å². The Morgan fingerprint density at radius 3 is 2.31 bits per heavy atom. The molecule has 0 amide bonds. The van der Waals surface area contributed by atoms with Gasteiger partial charge in [0.1, 0.15) is 0 Å². The van der Waals surface area contributed by atoms with Crippen molar-refractivity contribution in [3.8, 4) is 0 Å². The quantitative estimate of drug-likeness (QED) is 0.774. The summed E-state index contributed by atoms with van der Waals surface area (Å²) in [5, 5.41) is 8.79. The van der Waals surface area contributed by atoms with Gasteiger partial charge in [-0.25, -0.2) is 4.79 Å². The molecule has 0 unspecified atom stereocenters. The standard InChI is InChI=1S/C13H17NO2/c1-4-14(9-10(2)3)12-7-5-11(6-8-12)13(15)16/h5-8H,2,4,9H2,1,3H3,(H,15,16). The van der Waals surface area contributed by atoms with Gasteiger partial charge in [-0.3, -0.25) is 0 Å². The average molecular weight is 219 g/mol. The average Bonchev–Trinajstić information content (AvgIpc) is 2.25. The van der Waals surface area contributed by atoms with Crippen LogP contribution in [0.4, 0.5) is 5.69 Å². The molecule has 0 aliphatic carbocycles. The lowest BCUT2D eigenvalue weighted by Gasteiger charge is -2.23. The minimum atomic E-state index is -0.894. The minimum Gasteiger partial charge on any atom is -0.478 e. The number of hydrogen-bond acceptors (Lipinski definition) is 2. The van der Waals surface area contributed by atoms with Gasteiger partial charge in [0.25, 0.3) is 0 Å². The van der Waals surface area contributed by atoms with E-state index in [1.807, 2.05) is 19.1 Å². The molecule has 0 aromatic heterocycles. The van der Waals surface area contributed by atoms with Crippen LogP contribution in [0.25, 0.3) is 0 Å². The monoisotopic (exact) mass is 219 g/mol. The fraction of sp³-hybridized carbons (Fsp3) is 0.308. The van der Waals surface area contributed by atoms with Crippen LogP contribution >= 0.6 is 0 Å². The summed E-state index contributed by atoms with van der Waals surface area (Å²) < 4.78 is 0. The summed E-state index contributed by atoms with van der Waals surface area (Å²) >= 11 is 0. The van der Waals surface area contributed by atoms with E-state index in [2.05, 4.69) is 18.4 Å². The molecule has 1 aromatic rings. The van der Waals surface area contributed by atoms with Gasteiger partial charge in [-0.1, -0.05) is 12.2 Å². The Balaban J connectivity index is 2.86. The van der Waals surface area contributed by atoms with Gasteiger partial charge in [0.05, 0.1) is 5.56 Å². The van der Waals surface area contributed by atoms with Gasteiger partial charge in [-0.2, -0.15) is 0 Å². The topological polar surface area (TPSA) is 40.5 Å². The lowest BCUT2D eigenvalue weighted by atomic mass is 10.2. The highest BCUT2D eigenvalue weighted by atomic mass is 16.4. The number of rotatable bonds is 5. The molecule has 0 fully saturated rings. The molecule has 0 bridgehead atoms. The van der Waals surface area contributed by atoms with Crippen LogP contribution in [0, 0.1) is 0 Å². The zero-order chi connectivity index (χ0) is 12.1. The van der Waals surface area contributed by atoms with Gasteiger partial charge in [0.2, 0.25) is 0 Å². The fourth-order valence-corrected chi connectivity index (χ4v) is 1.53. The molecule has 0 heterocycles. The summed E-state index contributed by atoms with van der Waals surface area (Å²) in [5.41, 5.74) is 2.43. The first-order valence-corrected chi connectivity index (χ1v) is 5.27. The molecule has 0 aliphatic rings. The third-order valence-electron chi connectivity index (χ3n) is 2.32. The molecule has 0 saturated heterocycles. The van der Waals surface area contributed by atoms with Gasteiger partial charge < -0.3 is 10.0 Å². The predicted molar refractivity (Wildman–Crippen MR) is 66.1 cm³/mol. The van der Waals surface area contributed by atoms with Crippen LogP contribution in [0.2, 0.25) is 0 Å². The van der Waals surface area contributed by atoms with E-state index in [0.717, 1.165) is 24.4 Å². The van der Waals surface area contributed by atoms with E-state index >= 15 is 0 Å². The fourth-order valence-electron chi connectivity index (χ4n) is 1.53. The van der Waals surface area contributed by atoms with Crippen LogP contribution in [0.3, 0.4) is 0 Å². The van der Waals surface area contributed by atoms with Gasteiger partial charge in [-0.15, -0.1) is 0 Å². The highest BCUT2D eigenvalue weighted by Crippen LogP contribution is 2.16. The molecule has 3 nitrogen and oxygen atoms in total. The zero-order valence-corrected chi connectivity index (χ0v) is 9.73. The molecule has 1 N–H and O–H groups in total. The summed E-state index contributed by atoms with van der Waals surface area (Å²) in [6, 6.07) is 6.91. The number of carboxylic acid groups (broad SMARTS) is 1. The number of likely N-dealkylation sites (N-methyl/N-ethyl adjacent to an activating group) is 1. The predicted octanol–water partition coefficient (Wildman–Crippen LogP) is 2.79. The molecule has 0 atom stereocenters. The maximum Gasteiger partial charge on any atom is 0.335 e. The van der Waals surface area contributed by atoms with Gasteiger partial charge in [0, 0.05) is 18.8 Å². The van der Waals surface area contributed by atoms with E-state index in [9.17, 15) is 4.79 Å². The van der Waals surface area contributed by atoms with E-state index in [0.29, 0.717) is 5.56 Å². The summed E-state index contributed by atoms with van der Waals surface area (Å²) in [6.07, 6.45) is 0. The second kappa shape index (κ2) is 5.35. The summed E-state index contributed by atoms with van der Waals surface area (Å²) in [6.45, 7) is 9.59. The van der Waals surface area contributed by atoms with E-state index in [4.69, 9.17) is 5.11 Å². The van der Waals surface area contributed by atoms with E-state index in [1.165, 1.54) is 0 Å². The molecule has 3 heteroatoms. The molecule has 0 saturated carbocycles. The van der Waals surface area contributed by atoms with Crippen LogP contribution in [0.5, 0.6) is 0 Å². The number of aromatic carboxylic acids is 1. The molecule has 1 rings (SSSR count). The molecular weight excluding hydrogens is 202 g/mol. The maximum absolute atomic E-state index is 10.7. The van der Waals surface area contributed by atoms with Crippen molar-refractivity contribution in [1.29, 1.82) is 0 Å². The van der Waals surface area contributed by atoms with Crippen molar-refractivity contribution < 1.29 is 9.90 Å². The van der Waals surface area contributed by atoms with Crippen molar-refractivity contribution in [3.63, 3.8) is 0 Å². The molecular formula is C13H17NO2. The first-order valence-electron chi connectivity index (χ1n) is 5.27. The smallest absolute Gasteiger partial charge is 0.335 e. The van der Waals surface area contributed by atoms with Gasteiger partial charge >= 0.3 is 5.97 Å². The van der Waals surface area contributed by atoms with Crippen molar-refractivity contribution >= 4 is 11.7 Å². The molecule has 1 aromatic carbocycles. The highest BCUT2D eigenvalue weighted by molar-refractivity contribution is 5.88. The first-order chi connectivity index (χ1) is 7.54. The number of hydrogen-bond donors (Lipinski definition) is 1. The molecule has 0 aliphatic heterocycles. The minimum absolute atomic E-state index is 0.315. The number of benzene rings is 1. The lowest BCUT2D eigenvalue weighted by molar-refractivity contribution is 0.0697. The van der Waals surface area contributed by atoms with Crippen molar-refractivity contribution in [2.45, 2.75) is 13.8 Å². The highest BCUT2D eigenvalue weighted by Gasteiger charge is 2.06. The summed E-state index contributed by atoms with van der Waals surface area (Å²) in [4.78, 5) is 12.8. The van der Waals surface area contributed by atoms with E-state index in [1.54, 1.807) is 12.1 Å². The van der Waals surface area contributed by atoms with Crippen LogP contribution in [-0.2, 0) is 0 Å². The Bertz CT molecular complexity index is 381. The lowest BCUT2D eigenvalue weighted by Crippen LogP contribution is -2.24. The van der Waals surface area contributed by atoms with Crippen molar-refractivity contribution in [1.82, 2.24) is 0 Å². The Hall–Kier alpha value is -1.77. The number of nitrogens with zero attached hydrogens (tertiary/aromatic N) is 1. The molecule has 16 heavy (non-hydrogen) atoms. The van der Waals surface area contributed by atoms with Crippen LogP contribution < -0.4 is 4.90 Å². The van der Waals surface area contributed by atoms with Gasteiger partial charge in [0.15, 0.2) is 0 Å². The largest absolute Gasteiger partial charge is 0.478 e. The van der Waals surface area contributed by atoms with Crippen molar-refractivity contribution in [2.24, 2.45) is 0 Å². The summed E-state index contributed by atoms with van der Waals surface area (Å²) in [7, 11) is 0. The van der Waals surface area contributed by atoms with Crippen LogP contribution in [0.15, 0.2) is 36.4 Å². The first kappa shape index (κ1) is 12.3. The summed E-state index contributed by atoms with van der Waals surface area (Å²) in [5.74, 6) is -0.894. The Labute approximate surface area is 96.0 Å². The van der Waals surface area contributed by atoms with Gasteiger partial charge in [-0.05, 0) is 38.1 Å². The number of carbonyl (C=O) groups is 1. The normalized spacial score (nSPS) is 9.88. The van der Waals surface area contributed by atoms with Crippen molar-refractivity contribution in [2.75, 3.05) is 18.0 Å². The second-order valence-electron chi connectivity index (χ2n) is 3.82. The molecule has 86 valence electrons.